The fourth-order valence-corrected chi connectivity index (χ4v) is 2.62. The first-order valence-corrected chi connectivity index (χ1v) is 6.04. The Kier molecular flexibility index (Phi) is 2.91. The Bertz CT molecular complexity index is 315. The highest BCUT2D eigenvalue weighted by molar-refractivity contribution is 5.89. The van der Waals surface area contributed by atoms with Crippen molar-refractivity contribution in [3.63, 3.8) is 0 Å². The minimum Gasteiger partial charge on any atom is -0.481 e. The topological polar surface area (TPSA) is 66.4 Å². The van der Waals surface area contributed by atoms with Crippen molar-refractivity contribution in [3.8, 4) is 0 Å². The maximum absolute atomic E-state index is 11.8. The smallest absolute Gasteiger partial charge is 0.307 e. The molecule has 2 aliphatic carbocycles. The number of hydrogen-bond acceptors (Lipinski definition) is 2. The van der Waals surface area contributed by atoms with Gasteiger partial charge in [-0.25, -0.2) is 0 Å². The van der Waals surface area contributed by atoms with E-state index in [1.165, 1.54) is 0 Å². The van der Waals surface area contributed by atoms with E-state index in [9.17, 15) is 9.59 Å². The van der Waals surface area contributed by atoms with E-state index in [0.29, 0.717) is 18.3 Å². The minimum absolute atomic E-state index is 0.0571. The summed E-state index contributed by atoms with van der Waals surface area (Å²) in [6, 6.07) is 0.248. The summed E-state index contributed by atoms with van der Waals surface area (Å²) in [6.45, 7) is 4.36. The van der Waals surface area contributed by atoms with Crippen LogP contribution in [0, 0.1) is 23.7 Å². The van der Waals surface area contributed by atoms with Gasteiger partial charge in [0.15, 0.2) is 0 Å². The highest BCUT2D eigenvalue weighted by Crippen LogP contribution is 2.39. The first kappa shape index (κ1) is 11.4. The maximum Gasteiger partial charge on any atom is 0.307 e. The lowest BCUT2D eigenvalue weighted by atomic mass is 9.98. The van der Waals surface area contributed by atoms with E-state index in [4.69, 9.17) is 5.11 Å². The molecule has 0 radical (unpaired) electrons. The highest BCUT2D eigenvalue weighted by Gasteiger charge is 2.49. The van der Waals surface area contributed by atoms with Gasteiger partial charge in [-0.2, -0.15) is 0 Å². The highest BCUT2D eigenvalue weighted by atomic mass is 16.4. The van der Waals surface area contributed by atoms with Crippen molar-refractivity contribution in [2.75, 3.05) is 0 Å². The molecule has 2 aliphatic rings. The Morgan fingerprint density at radius 2 is 1.88 bits per heavy atom. The second kappa shape index (κ2) is 4.07. The lowest BCUT2D eigenvalue weighted by Crippen LogP contribution is -2.38. The number of carboxylic acids is 1. The van der Waals surface area contributed by atoms with Gasteiger partial charge in [0.1, 0.15) is 0 Å². The predicted octanol–water partition coefficient (Wildman–Crippen LogP) is 1.26. The molecule has 90 valence electrons. The van der Waals surface area contributed by atoms with Gasteiger partial charge in [0, 0.05) is 6.04 Å². The third-order valence-corrected chi connectivity index (χ3v) is 4.24. The largest absolute Gasteiger partial charge is 0.481 e. The summed E-state index contributed by atoms with van der Waals surface area (Å²) >= 11 is 0. The van der Waals surface area contributed by atoms with Crippen LogP contribution >= 0.6 is 0 Å². The first-order chi connectivity index (χ1) is 7.50. The van der Waals surface area contributed by atoms with Gasteiger partial charge in [0.05, 0.1) is 11.8 Å². The molecule has 3 unspecified atom stereocenters. The molecule has 0 bridgehead atoms. The average molecular weight is 225 g/mol. The number of carbonyl (C=O) groups excluding carboxylic acids is 1. The van der Waals surface area contributed by atoms with Gasteiger partial charge in [-0.1, -0.05) is 13.8 Å². The van der Waals surface area contributed by atoms with Crippen LogP contribution in [0.2, 0.25) is 0 Å². The molecule has 0 aromatic carbocycles. The van der Waals surface area contributed by atoms with E-state index >= 15 is 0 Å². The van der Waals surface area contributed by atoms with E-state index in [2.05, 4.69) is 19.2 Å². The van der Waals surface area contributed by atoms with Gasteiger partial charge in [-0.05, 0) is 31.1 Å². The molecule has 2 N–H and O–H groups in total. The third-order valence-electron chi connectivity index (χ3n) is 4.24. The van der Waals surface area contributed by atoms with Crippen molar-refractivity contribution >= 4 is 11.9 Å². The number of aliphatic carboxylic acids is 1. The maximum atomic E-state index is 11.8. The molecule has 0 spiro atoms. The number of carbonyl (C=O) groups is 2. The van der Waals surface area contributed by atoms with Gasteiger partial charge < -0.3 is 10.4 Å². The van der Waals surface area contributed by atoms with Crippen LogP contribution in [0.15, 0.2) is 0 Å². The quantitative estimate of drug-likeness (QED) is 0.759. The Morgan fingerprint density at radius 3 is 2.31 bits per heavy atom. The van der Waals surface area contributed by atoms with Crippen LogP contribution < -0.4 is 5.32 Å². The fraction of sp³-hybridized carbons (Fsp3) is 0.833. The molecule has 2 saturated carbocycles. The van der Waals surface area contributed by atoms with Crippen molar-refractivity contribution in [1.29, 1.82) is 0 Å². The SMILES string of the molecule is CC1CCC(NC(=O)[C@@H]2C[C@@H]2C(=O)O)C1C. The van der Waals surface area contributed by atoms with E-state index in [1.807, 2.05) is 0 Å². The molecule has 0 aromatic rings. The number of nitrogens with one attached hydrogen (secondary N) is 1. The number of hydrogen-bond donors (Lipinski definition) is 2. The van der Waals surface area contributed by atoms with Crippen molar-refractivity contribution in [2.45, 2.75) is 39.2 Å². The van der Waals surface area contributed by atoms with Crippen LogP contribution in [0.3, 0.4) is 0 Å². The summed E-state index contributed by atoms with van der Waals surface area (Å²) in [7, 11) is 0. The van der Waals surface area contributed by atoms with Crippen molar-refractivity contribution < 1.29 is 14.7 Å². The molecule has 2 rings (SSSR count). The summed E-state index contributed by atoms with van der Waals surface area (Å²) in [5, 5.41) is 11.8. The molecule has 16 heavy (non-hydrogen) atoms. The summed E-state index contributed by atoms with van der Waals surface area (Å²) in [4.78, 5) is 22.4. The van der Waals surface area contributed by atoms with Crippen LogP contribution in [-0.2, 0) is 9.59 Å². The lowest BCUT2D eigenvalue weighted by molar-refractivity contribution is -0.140. The third kappa shape index (κ3) is 2.06. The molecular weight excluding hydrogens is 206 g/mol. The minimum atomic E-state index is -0.840. The molecule has 0 aliphatic heterocycles. The van der Waals surface area contributed by atoms with Gasteiger partial charge in [0.25, 0.3) is 0 Å². The molecule has 5 atom stereocenters. The van der Waals surface area contributed by atoms with Gasteiger partial charge in [-0.3, -0.25) is 9.59 Å². The van der Waals surface area contributed by atoms with Crippen LogP contribution in [0.4, 0.5) is 0 Å². The summed E-state index contributed by atoms with van der Waals surface area (Å²) < 4.78 is 0. The van der Waals surface area contributed by atoms with E-state index in [0.717, 1.165) is 12.8 Å². The molecule has 0 saturated heterocycles. The standard InChI is InChI=1S/C12H19NO3/c1-6-3-4-10(7(6)2)13-11(14)8-5-9(8)12(15)16/h6-10H,3-5H2,1-2H3,(H,13,14)(H,15,16)/t6?,7?,8-,9+,10?/m1/s1. The number of rotatable bonds is 3. The molecule has 2 fully saturated rings. The fourth-order valence-electron chi connectivity index (χ4n) is 2.62. The Labute approximate surface area is 95.4 Å². The molecule has 0 heterocycles. The van der Waals surface area contributed by atoms with Crippen LogP contribution in [-0.4, -0.2) is 23.0 Å². The molecule has 4 heteroatoms. The zero-order chi connectivity index (χ0) is 11.9. The summed E-state index contributed by atoms with van der Waals surface area (Å²) in [5.74, 6) is -0.452. The molecular formula is C12H19NO3. The number of amides is 1. The Hall–Kier alpha value is -1.06. The second-order valence-electron chi connectivity index (χ2n) is 5.32. The molecule has 4 nitrogen and oxygen atoms in total. The van der Waals surface area contributed by atoms with Crippen LogP contribution in [0.25, 0.3) is 0 Å². The van der Waals surface area contributed by atoms with E-state index in [1.54, 1.807) is 0 Å². The zero-order valence-corrected chi connectivity index (χ0v) is 9.77. The average Bonchev–Trinajstić information content (AvgIpc) is 2.97. The van der Waals surface area contributed by atoms with Crippen molar-refractivity contribution in [3.05, 3.63) is 0 Å². The Balaban J connectivity index is 1.83. The van der Waals surface area contributed by atoms with Crippen molar-refractivity contribution in [2.24, 2.45) is 23.7 Å². The monoisotopic (exact) mass is 225 g/mol. The van der Waals surface area contributed by atoms with Gasteiger partial charge in [0.2, 0.25) is 5.91 Å². The van der Waals surface area contributed by atoms with E-state index < -0.39 is 11.9 Å². The zero-order valence-electron chi connectivity index (χ0n) is 9.77. The van der Waals surface area contributed by atoms with Crippen LogP contribution in [0.1, 0.15) is 33.1 Å². The second-order valence-corrected chi connectivity index (χ2v) is 5.32. The first-order valence-electron chi connectivity index (χ1n) is 6.04. The van der Waals surface area contributed by atoms with E-state index in [-0.39, 0.29) is 17.9 Å². The summed E-state index contributed by atoms with van der Waals surface area (Å²) in [5.41, 5.74) is 0. The molecule has 0 aromatic heterocycles. The normalized spacial score (nSPS) is 41.8. The van der Waals surface area contributed by atoms with Gasteiger partial charge >= 0.3 is 5.97 Å². The van der Waals surface area contributed by atoms with Gasteiger partial charge in [-0.15, -0.1) is 0 Å². The van der Waals surface area contributed by atoms with Crippen LogP contribution in [0.5, 0.6) is 0 Å². The van der Waals surface area contributed by atoms with Crippen molar-refractivity contribution in [1.82, 2.24) is 5.32 Å². The summed E-state index contributed by atoms with van der Waals surface area (Å²) in [6.07, 6.45) is 2.69. The lowest BCUT2D eigenvalue weighted by Gasteiger charge is -2.19. The number of carboxylic acid groups (broad SMARTS) is 1. The Morgan fingerprint density at radius 1 is 1.19 bits per heavy atom. The predicted molar refractivity (Wildman–Crippen MR) is 58.7 cm³/mol. The molecule has 1 amide bonds.